The topological polar surface area (TPSA) is 42.2 Å². The first kappa shape index (κ1) is 14.8. The van der Waals surface area contributed by atoms with Crippen molar-refractivity contribution in [3.05, 3.63) is 58.9 Å². The molecule has 0 aliphatic carbocycles. The van der Waals surface area contributed by atoms with Gasteiger partial charge in [-0.3, -0.25) is 4.98 Å². The van der Waals surface area contributed by atoms with Crippen molar-refractivity contribution < 1.29 is 0 Å². The van der Waals surface area contributed by atoms with Gasteiger partial charge in [-0.05, 0) is 24.6 Å². The lowest BCUT2D eigenvalue weighted by atomic mass is 10.1. The van der Waals surface area contributed by atoms with Crippen molar-refractivity contribution in [2.24, 2.45) is 5.73 Å². The molecule has 104 valence electrons. The minimum absolute atomic E-state index is 0.0843. The number of nitrogens with zero attached hydrogens (tertiary/aromatic N) is 2. The Hall–Kier alpha value is -1.65. The van der Waals surface area contributed by atoms with Crippen LogP contribution in [0.15, 0.2) is 42.7 Å². The Morgan fingerprint density at radius 3 is 2.70 bits per heavy atom. The molecule has 1 atom stereocenters. The van der Waals surface area contributed by atoms with Crippen LogP contribution in [0.4, 0.5) is 5.69 Å². The van der Waals surface area contributed by atoms with Crippen LogP contribution in [0.5, 0.6) is 0 Å². The van der Waals surface area contributed by atoms with Crippen molar-refractivity contribution >= 4 is 34.5 Å². The standard InChI is InChI=1S/C15H16ClN3S/c1-10(11-5-3-4-6-13(11)16)19(2)14-9-18-8-7-12(14)15(17)20/h3-10H,1-2H3,(H2,17,20). The highest BCUT2D eigenvalue weighted by molar-refractivity contribution is 7.80. The normalized spacial score (nSPS) is 11.9. The number of benzene rings is 1. The summed E-state index contributed by atoms with van der Waals surface area (Å²) in [7, 11) is 1.98. The number of hydrogen-bond donors (Lipinski definition) is 1. The van der Waals surface area contributed by atoms with Gasteiger partial charge in [-0.2, -0.15) is 0 Å². The highest BCUT2D eigenvalue weighted by Gasteiger charge is 2.18. The Labute approximate surface area is 129 Å². The summed E-state index contributed by atoms with van der Waals surface area (Å²) in [6.07, 6.45) is 3.45. The average molecular weight is 306 g/mol. The van der Waals surface area contributed by atoms with Crippen molar-refractivity contribution in [1.82, 2.24) is 4.98 Å². The third-order valence-corrected chi connectivity index (χ3v) is 3.95. The largest absolute Gasteiger partial charge is 0.389 e. The highest BCUT2D eigenvalue weighted by atomic mass is 35.5. The summed E-state index contributed by atoms with van der Waals surface area (Å²) in [4.78, 5) is 6.59. The first-order chi connectivity index (χ1) is 9.52. The average Bonchev–Trinajstić information content (AvgIpc) is 2.46. The maximum atomic E-state index is 6.26. The molecule has 0 amide bonds. The fourth-order valence-electron chi connectivity index (χ4n) is 2.11. The molecule has 0 saturated heterocycles. The lowest BCUT2D eigenvalue weighted by Gasteiger charge is -2.29. The van der Waals surface area contributed by atoms with Gasteiger partial charge in [0.15, 0.2) is 0 Å². The van der Waals surface area contributed by atoms with Crippen LogP contribution in [0.2, 0.25) is 5.02 Å². The Bertz CT molecular complexity index is 630. The van der Waals surface area contributed by atoms with Crippen molar-refractivity contribution in [2.45, 2.75) is 13.0 Å². The van der Waals surface area contributed by atoms with E-state index in [0.29, 0.717) is 4.99 Å². The van der Waals surface area contributed by atoms with Gasteiger partial charge in [0.1, 0.15) is 4.99 Å². The molecule has 0 fully saturated rings. The van der Waals surface area contributed by atoms with Gasteiger partial charge in [-0.1, -0.05) is 42.0 Å². The van der Waals surface area contributed by atoms with E-state index in [2.05, 4.69) is 16.8 Å². The third kappa shape index (κ3) is 2.92. The molecule has 1 aromatic heterocycles. The van der Waals surface area contributed by atoms with Crippen LogP contribution in [-0.4, -0.2) is 17.0 Å². The lowest BCUT2D eigenvalue weighted by molar-refractivity contribution is 0.738. The maximum absolute atomic E-state index is 6.26. The summed E-state index contributed by atoms with van der Waals surface area (Å²) < 4.78 is 0. The van der Waals surface area contributed by atoms with Crippen LogP contribution < -0.4 is 10.6 Å². The van der Waals surface area contributed by atoms with Gasteiger partial charge in [-0.15, -0.1) is 0 Å². The summed E-state index contributed by atoms with van der Waals surface area (Å²) in [5.74, 6) is 0. The van der Waals surface area contributed by atoms with Crippen LogP contribution in [0, 0.1) is 0 Å². The molecule has 3 nitrogen and oxygen atoms in total. The van der Waals surface area contributed by atoms with E-state index in [4.69, 9.17) is 29.6 Å². The number of thiocarbonyl (C=S) groups is 1. The fraction of sp³-hybridized carbons (Fsp3) is 0.200. The number of halogens is 1. The minimum Gasteiger partial charge on any atom is -0.389 e. The number of nitrogens with two attached hydrogens (primary N) is 1. The van der Waals surface area contributed by atoms with Gasteiger partial charge in [0, 0.05) is 23.8 Å². The Morgan fingerprint density at radius 1 is 1.35 bits per heavy atom. The molecule has 0 aliphatic heterocycles. The second-order valence-corrected chi connectivity index (χ2v) is 5.41. The number of hydrogen-bond acceptors (Lipinski definition) is 3. The Balaban J connectivity index is 2.39. The SMILES string of the molecule is CC(c1ccccc1Cl)N(C)c1cnccc1C(N)=S. The quantitative estimate of drug-likeness (QED) is 0.877. The molecule has 2 aromatic rings. The number of anilines is 1. The summed E-state index contributed by atoms with van der Waals surface area (Å²) in [6.45, 7) is 2.08. The first-order valence-electron chi connectivity index (χ1n) is 6.23. The third-order valence-electron chi connectivity index (χ3n) is 3.38. The molecular formula is C15H16ClN3S. The molecule has 0 bridgehead atoms. The van der Waals surface area contributed by atoms with Gasteiger partial charge >= 0.3 is 0 Å². The van der Waals surface area contributed by atoms with Gasteiger partial charge in [0.05, 0.1) is 17.9 Å². The van der Waals surface area contributed by atoms with E-state index in [1.807, 2.05) is 37.4 Å². The monoisotopic (exact) mass is 305 g/mol. The molecule has 2 rings (SSSR count). The van der Waals surface area contributed by atoms with Crippen molar-refractivity contribution in [3.63, 3.8) is 0 Å². The summed E-state index contributed by atoms with van der Waals surface area (Å²) in [5, 5.41) is 0.743. The number of aromatic nitrogens is 1. The molecule has 0 radical (unpaired) electrons. The van der Waals surface area contributed by atoms with E-state index in [-0.39, 0.29) is 6.04 Å². The van der Waals surface area contributed by atoms with Crippen LogP contribution in [0.1, 0.15) is 24.1 Å². The van der Waals surface area contributed by atoms with Crippen molar-refractivity contribution in [3.8, 4) is 0 Å². The van der Waals surface area contributed by atoms with E-state index < -0.39 is 0 Å². The van der Waals surface area contributed by atoms with Gasteiger partial charge < -0.3 is 10.6 Å². The Morgan fingerprint density at radius 2 is 2.05 bits per heavy atom. The zero-order valence-electron chi connectivity index (χ0n) is 11.4. The predicted octanol–water partition coefficient (Wildman–Crippen LogP) is 3.57. The molecular weight excluding hydrogens is 290 g/mol. The minimum atomic E-state index is 0.0843. The summed E-state index contributed by atoms with van der Waals surface area (Å²) >= 11 is 11.4. The summed E-state index contributed by atoms with van der Waals surface area (Å²) in [6, 6.07) is 9.71. The molecule has 0 aliphatic rings. The van der Waals surface area contributed by atoms with E-state index >= 15 is 0 Å². The smallest absolute Gasteiger partial charge is 0.106 e. The highest BCUT2D eigenvalue weighted by Crippen LogP contribution is 2.31. The molecule has 0 saturated carbocycles. The summed E-state index contributed by atoms with van der Waals surface area (Å²) in [5.41, 5.74) is 8.53. The first-order valence-corrected chi connectivity index (χ1v) is 7.02. The maximum Gasteiger partial charge on any atom is 0.106 e. The molecule has 20 heavy (non-hydrogen) atoms. The molecule has 1 unspecified atom stereocenters. The second-order valence-electron chi connectivity index (χ2n) is 4.57. The molecule has 0 spiro atoms. The zero-order valence-corrected chi connectivity index (χ0v) is 12.9. The van der Waals surface area contributed by atoms with Crippen LogP contribution in [-0.2, 0) is 0 Å². The molecule has 2 N–H and O–H groups in total. The van der Waals surface area contributed by atoms with Gasteiger partial charge in [-0.25, -0.2) is 0 Å². The van der Waals surface area contributed by atoms with E-state index in [0.717, 1.165) is 21.8 Å². The van der Waals surface area contributed by atoms with Gasteiger partial charge in [0.25, 0.3) is 0 Å². The molecule has 1 heterocycles. The van der Waals surface area contributed by atoms with E-state index in [9.17, 15) is 0 Å². The second kappa shape index (κ2) is 6.20. The van der Waals surface area contributed by atoms with Crippen LogP contribution in [0.25, 0.3) is 0 Å². The predicted molar refractivity (Wildman–Crippen MR) is 88.4 cm³/mol. The van der Waals surface area contributed by atoms with Crippen molar-refractivity contribution in [1.29, 1.82) is 0 Å². The number of pyridine rings is 1. The zero-order chi connectivity index (χ0) is 14.7. The van der Waals surface area contributed by atoms with Gasteiger partial charge in [0.2, 0.25) is 0 Å². The van der Waals surface area contributed by atoms with Crippen molar-refractivity contribution in [2.75, 3.05) is 11.9 Å². The molecule has 1 aromatic carbocycles. The Kier molecular flexibility index (Phi) is 4.57. The lowest BCUT2D eigenvalue weighted by Crippen LogP contribution is -2.25. The van der Waals surface area contributed by atoms with Crippen LogP contribution in [0.3, 0.4) is 0 Å². The van der Waals surface area contributed by atoms with Crippen LogP contribution >= 0.6 is 23.8 Å². The fourth-order valence-corrected chi connectivity index (χ4v) is 2.57. The van der Waals surface area contributed by atoms with E-state index in [1.54, 1.807) is 12.4 Å². The number of rotatable bonds is 4. The molecule has 5 heteroatoms. The van der Waals surface area contributed by atoms with E-state index in [1.165, 1.54) is 0 Å².